The van der Waals surface area contributed by atoms with Crippen LogP contribution < -0.4 is 0 Å². The molecule has 0 aliphatic carbocycles. The van der Waals surface area contributed by atoms with Crippen LogP contribution in [-0.2, 0) is 6.54 Å². The third-order valence-electron chi connectivity index (χ3n) is 2.22. The zero-order chi connectivity index (χ0) is 12.4. The molecule has 0 amide bonds. The van der Waals surface area contributed by atoms with Gasteiger partial charge in [0.05, 0.1) is 6.54 Å². The van der Waals surface area contributed by atoms with E-state index in [0.717, 1.165) is 10.0 Å². The van der Waals surface area contributed by atoms with E-state index in [1.807, 2.05) is 24.3 Å². The molecule has 90 valence electrons. The van der Waals surface area contributed by atoms with Gasteiger partial charge in [-0.15, -0.1) is 0 Å². The van der Waals surface area contributed by atoms with E-state index in [0.29, 0.717) is 6.54 Å². The number of hydrogen-bond acceptors (Lipinski definition) is 1. The SMILES string of the molecule is FC(F)c1cc(Cl)n(Cc2ccc(Br)cc2)n1. The van der Waals surface area contributed by atoms with Crippen molar-refractivity contribution in [3.8, 4) is 0 Å². The molecular weight excluding hydrogens is 313 g/mol. The molecule has 2 aromatic rings. The van der Waals surface area contributed by atoms with Gasteiger partial charge in [0, 0.05) is 10.5 Å². The highest BCUT2D eigenvalue weighted by molar-refractivity contribution is 9.10. The van der Waals surface area contributed by atoms with E-state index in [1.54, 1.807) is 0 Å². The Kier molecular flexibility index (Phi) is 3.79. The van der Waals surface area contributed by atoms with Gasteiger partial charge in [-0.05, 0) is 17.7 Å². The second kappa shape index (κ2) is 5.14. The first-order valence-electron chi connectivity index (χ1n) is 4.82. The molecule has 1 heterocycles. The van der Waals surface area contributed by atoms with E-state index in [-0.39, 0.29) is 10.8 Å². The van der Waals surface area contributed by atoms with E-state index in [2.05, 4.69) is 21.0 Å². The molecule has 1 aromatic heterocycles. The number of benzene rings is 1. The molecule has 17 heavy (non-hydrogen) atoms. The molecular formula is C11H8BrClF2N2. The van der Waals surface area contributed by atoms with Gasteiger partial charge in [-0.1, -0.05) is 39.7 Å². The molecule has 0 aliphatic heterocycles. The summed E-state index contributed by atoms with van der Waals surface area (Å²) in [6.45, 7) is 0.374. The van der Waals surface area contributed by atoms with Gasteiger partial charge in [0.2, 0.25) is 0 Å². The van der Waals surface area contributed by atoms with Gasteiger partial charge in [0.25, 0.3) is 6.43 Å². The standard InChI is InChI=1S/C11H8BrClF2N2/c12-8-3-1-7(2-4-8)6-17-10(13)5-9(16-17)11(14)15/h1-5,11H,6H2. The van der Waals surface area contributed by atoms with Crippen LogP contribution in [-0.4, -0.2) is 9.78 Å². The Morgan fingerprint density at radius 1 is 1.29 bits per heavy atom. The second-order valence-corrected chi connectivity index (χ2v) is 4.78. The molecule has 0 fully saturated rings. The number of alkyl halides is 2. The summed E-state index contributed by atoms with van der Waals surface area (Å²) in [4.78, 5) is 0. The first-order valence-corrected chi connectivity index (χ1v) is 5.99. The molecule has 0 unspecified atom stereocenters. The van der Waals surface area contributed by atoms with Crippen LogP contribution in [0, 0.1) is 0 Å². The van der Waals surface area contributed by atoms with E-state index < -0.39 is 6.43 Å². The third-order valence-corrected chi connectivity index (χ3v) is 3.05. The molecule has 0 saturated heterocycles. The molecule has 0 N–H and O–H groups in total. The van der Waals surface area contributed by atoms with E-state index in [4.69, 9.17) is 11.6 Å². The number of rotatable bonds is 3. The summed E-state index contributed by atoms with van der Waals surface area (Å²) >= 11 is 9.15. The Morgan fingerprint density at radius 2 is 1.94 bits per heavy atom. The summed E-state index contributed by atoms with van der Waals surface area (Å²) < 4.78 is 27.1. The lowest BCUT2D eigenvalue weighted by atomic mass is 10.2. The highest BCUT2D eigenvalue weighted by Gasteiger charge is 2.14. The highest BCUT2D eigenvalue weighted by Crippen LogP contribution is 2.22. The average molecular weight is 322 g/mol. The maximum absolute atomic E-state index is 12.4. The van der Waals surface area contributed by atoms with Crippen LogP contribution in [0.2, 0.25) is 5.15 Å². The molecule has 6 heteroatoms. The van der Waals surface area contributed by atoms with Crippen molar-refractivity contribution in [1.82, 2.24) is 9.78 Å². The fourth-order valence-corrected chi connectivity index (χ4v) is 1.87. The minimum absolute atomic E-state index is 0.211. The van der Waals surface area contributed by atoms with E-state index in [1.165, 1.54) is 10.7 Å². The van der Waals surface area contributed by atoms with Crippen LogP contribution in [0.25, 0.3) is 0 Å². The van der Waals surface area contributed by atoms with Gasteiger partial charge < -0.3 is 0 Å². The third kappa shape index (κ3) is 3.04. The van der Waals surface area contributed by atoms with Crippen molar-refractivity contribution in [3.63, 3.8) is 0 Å². The predicted octanol–water partition coefficient (Wildman–Crippen LogP) is 4.28. The van der Waals surface area contributed by atoms with Gasteiger partial charge in [-0.3, -0.25) is 0 Å². The van der Waals surface area contributed by atoms with Crippen LogP contribution in [0.3, 0.4) is 0 Å². The number of halogens is 4. The molecule has 0 aliphatic rings. The summed E-state index contributed by atoms with van der Waals surface area (Å²) in [5.41, 5.74) is 0.645. The first kappa shape index (κ1) is 12.5. The molecule has 0 saturated carbocycles. The topological polar surface area (TPSA) is 17.8 Å². The summed E-state index contributed by atoms with van der Waals surface area (Å²) in [5, 5.41) is 3.96. The lowest BCUT2D eigenvalue weighted by molar-refractivity contribution is 0.145. The normalized spacial score (nSPS) is 11.1. The minimum Gasteiger partial charge on any atom is -0.249 e. The molecule has 0 spiro atoms. The number of aromatic nitrogens is 2. The van der Waals surface area contributed by atoms with Gasteiger partial charge >= 0.3 is 0 Å². The fraction of sp³-hybridized carbons (Fsp3) is 0.182. The van der Waals surface area contributed by atoms with Crippen molar-refractivity contribution >= 4 is 27.5 Å². The van der Waals surface area contributed by atoms with E-state index in [9.17, 15) is 8.78 Å². The molecule has 0 radical (unpaired) electrons. The van der Waals surface area contributed by atoms with Crippen molar-refractivity contribution in [2.75, 3.05) is 0 Å². The summed E-state index contributed by atoms with van der Waals surface area (Å²) in [5.74, 6) is 0. The zero-order valence-electron chi connectivity index (χ0n) is 8.58. The molecule has 0 atom stereocenters. The molecule has 2 rings (SSSR count). The lowest BCUT2D eigenvalue weighted by Gasteiger charge is -2.03. The first-order chi connectivity index (χ1) is 8.06. The molecule has 2 nitrogen and oxygen atoms in total. The Hall–Kier alpha value is -0.940. The Labute approximate surface area is 110 Å². The number of hydrogen-bond donors (Lipinski definition) is 0. The Bertz CT molecular complexity index is 511. The zero-order valence-corrected chi connectivity index (χ0v) is 10.9. The quantitative estimate of drug-likeness (QED) is 0.825. The predicted molar refractivity (Wildman–Crippen MR) is 65.4 cm³/mol. The van der Waals surface area contributed by atoms with Crippen molar-refractivity contribution in [2.45, 2.75) is 13.0 Å². The van der Waals surface area contributed by atoms with Crippen molar-refractivity contribution in [1.29, 1.82) is 0 Å². The van der Waals surface area contributed by atoms with Crippen molar-refractivity contribution in [3.05, 3.63) is 51.2 Å². The van der Waals surface area contributed by atoms with Gasteiger partial charge in [-0.25, -0.2) is 13.5 Å². The maximum Gasteiger partial charge on any atom is 0.282 e. The summed E-state index contributed by atoms with van der Waals surface area (Å²) in [6.07, 6.45) is -2.60. The van der Waals surface area contributed by atoms with Crippen LogP contribution in [0.15, 0.2) is 34.8 Å². The molecule has 1 aromatic carbocycles. The highest BCUT2D eigenvalue weighted by atomic mass is 79.9. The van der Waals surface area contributed by atoms with Crippen LogP contribution >= 0.6 is 27.5 Å². The average Bonchev–Trinajstić information content (AvgIpc) is 2.64. The summed E-state index contributed by atoms with van der Waals surface area (Å²) in [7, 11) is 0. The van der Waals surface area contributed by atoms with Crippen LogP contribution in [0.5, 0.6) is 0 Å². The van der Waals surface area contributed by atoms with Gasteiger partial charge in [-0.2, -0.15) is 5.10 Å². The van der Waals surface area contributed by atoms with Crippen LogP contribution in [0.1, 0.15) is 17.7 Å². The second-order valence-electron chi connectivity index (χ2n) is 3.48. The van der Waals surface area contributed by atoms with Crippen molar-refractivity contribution < 1.29 is 8.78 Å². The molecule has 0 bridgehead atoms. The van der Waals surface area contributed by atoms with E-state index >= 15 is 0 Å². The van der Waals surface area contributed by atoms with Gasteiger partial charge in [0.1, 0.15) is 10.8 Å². The van der Waals surface area contributed by atoms with Gasteiger partial charge in [0.15, 0.2) is 0 Å². The van der Waals surface area contributed by atoms with Crippen molar-refractivity contribution in [2.24, 2.45) is 0 Å². The van der Waals surface area contributed by atoms with Crippen LogP contribution in [0.4, 0.5) is 8.78 Å². The fourth-order valence-electron chi connectivity index (χ4n) is 1.39. The maximum atomic E-state index is 12.4. The Balaban J connectivity index is 2.21. The smallest absolute Gasteiger partial charge is 0.249 e. The summed E-state index contributed by atoms with van der Waals surface area (Å²) in [6, 6.07) is 8.70. The lowest BCUT2D eigenvalue weighted by Crippen LogP contribution is -2.02. The number of nitrogens with zero attached hydrogens (tertiary/aromatic N) is 2. The minimum atomic E-state index is -2.60. The Morgan fingerprint density at radius 3 is 2.47 bits per heavy atom. The largest absolute Gasteiger partial charge is 0.282 e. The monoisotopic (exact) mass is 320 g/mol.